The van der Waals surface area contributed by atoms with Gasteiger partial charge in [-0.2, -0.15) is 0 Å². The number of rotatable bonds is 7. The fourth-order valence-electron chi connectivity index (χ4n) is 5.52. The number of ketones is 1. The van der Waals surface area contributed by atoms with E-state index in [2.05, 4.69) is 9.97 Å². The van der Waals surface area contributed by atoms with Gasteiger partial charge in [-0.05, 0) is 31.3 Å². The Morgan fingerprint density at radius 2 is 1.48 bits per heavy atom. The topological polar surface area (TPSA) is 133 Å². The number of aromatic nitrogens is 2. The Kier molecular flexibility index (Phi) is 6.00. The van der Waals surface area contributed by atoms with Gasteiger partial charge >= 0.3 is 11.9 Å². The number of aliphatic carboxylic acids is 2. The number of nitrogens with zero attached hydrogens (tertiary/aromatic N) is 4. The average Bonchev–Trinajstić information content (AvgIpc) is 2.80. The molecule has 0 amide bonds. The summed E-state index contributed by atoms with van der Waals surface area (Å²) in [7, 11) is 3.15. The minimum atomic E-state index is -2.04. The second-order valence-electron chi connectivity index (χ2n) is 8.60. The predicted molar refractivity (Wildman–Crippen MR) is 115 cm³/mol. The quantitative estimate of drug-likeness (QED) is 0.581. The van der Waals surface area contributed by atoms with Crippen LogP contribution in [0.3, 0.4) is 0 Å². The number of methoxy groups -OCH3 is 1. The summed E-state index contributed by atoms with van der Waals surface area (Å²) in [6.07, 6.45) is 3.07. The average molecular weight is 454 g/mol. The number of carbonyl (C=O) groups excluding carboxylic acids is 1. The van der Waals surface area contributed by atoms with E-state index in [1.54, 1.807) is 53.2 Å². The van der Waals surface area contributed by atoms with Gasteiger partial charge in [0.15, 0.2) is 16.6 Å². The molecule has 4 unspecified atom stereocenters. The first kappa shape index (κ1) is 23.0. The molecular formula is C23H26N4O6. The Morgan fingerprint density at radius 1 is 1.00 bits per heavy atom. The Hall–Kier alpha value is -3.21. The molecule has 10 nitrogen and oxygen atoms in total. The summed E-state index contributed by atoms with van der Waals surface area (Å²) in [4.78, 5) is 52.2. The Balaban J connectivity index is 2.08. The molecular weight excluding hydrogens is 428 g/mol. The lowest BCUT2D eigenvalue weighted by Crippen LogP contribution is -2.75. The standard InChI is InChI=1S/C23H26N4O6/c1-26-13-22(20(29)30)17(15-7-3-5-9-24-15)27(11-12-33-2)18(16-8-4-6-10-25-16)23(14-26,19(22)28)21(31)32/h3-10,17-18H,11-14H2,1-2H3,(H,29,30)(H,31,32). The van der Waals surface area contributed by atoms with Gasteiger partial charge in [0.1, 0.15) is 0 Å². The molecule has 2 aromatic rings. The molecule has 0 spiro atoms. The fourth-order valence-corrected chi connectivity index (χ4v) is 5.52. The predicted octanol–water partition coefficient (Wildman–Crippen LogP) is 0.878. The first-order chi connectivity index (χ1) is 15.8. The number of fused-ring (bicyclic) bond motifs is 2. The Bertz CT molecular complexity index is 974. The number of Topliss-reactive ketones (excluding diaryl/α,β-unsaturated/α-hetero) is 1. The van der Waals surface area contributed by atoms with E-state index in [1.807, 2.05) is 0 Å². The fraction of sp³-hybridized carbons (Fsp3) is 0.435. The van der Waals surface area contributed by atoms with Crippen molar-refractivity contribution >= 4 is 17.7 Å². The molecule has 33 heavy (non-hydrogen) atoms. The minimum Gasteiger partial charge on any atom is -0.480 e. The van der Waals surface area contributed by atoms with E-state index in [-0.39, 0.29) is 26.2 Å². The zero-order valence-corrected chi connectivity index (χ0v) is 18.4. The van der Waals surface area contributed by atoms with Gasteiger partial charge in [-0.15, -0.1) is 0 Å². The van der Waals surface area contributed by atoms with Crippen LogP contribution in [0.15, 0.2) is 48.8 Å². The molecule has 4 heterocycles. The highest BCUT2D eigenvalue weighted by atomic mass is 16.5. The van der Waals surface area contributed by atoms with Gasteiger partial charge in [-0.25, -0.2) is 0 Å². The molecule has 10 heteroatoms. The summed E-state index contributed by atoms with van der Waals surface area (Å²) in [5.74, 6) is -3.57. The summed E-state index contributed by atoms with van der Waals surface area (Å²) in [6, 6.07) is 8.12. The number of ether oxygens (including phenoxy) is 1. The van der Waals surface area contributed by atoms with Crippen LogP contribution in [0, 0.1) is 10.8 Å². The molecule has 2 aromatic heterocycles. The van der Waals surface area contributed by atoms with E-state index in [0.29, 0.717) is 11.4 Å². The third kappa shape index (κ3) is 3.33. The van der Waals surface area contributed by atoms with E-state index >= 15 is 0 Å². The largest absolute Gasteiger partial charge is 0.480 e. The van der Waals surface area contributed by atoms with E-state index in [4.69, 9.17) is 4.74 Å². The molecule has 4 rings (SSSR count). The number of carbonyl (C=O) groups is 3. The molecule has 2 fully saturated rings. The van der Waals surface area contributed by atoms with Crippen LogP contribution < -0.4 is 0 Å². The maximum Gasteiger partial charge on any atom is 0.320 e. The zero-order valence-electron chi connectivity index (χ0n) is 18.4. The number of carboxylic acid groups (broad SMARTS) is 2. The van der Waals surface area contributed by atoms with Crippen LogP contribution in [0.1, 0.15) is 23.5 Å². The van der Waals surface area contributed by atoms with E-state index in [9.17, 15) is 24.6 Å². The number of hydrogen-bond donors (Lipinski definition) is 2. The smallest absolute Gasteiger partial charge is 0.320 e. The van der Waals surface area contributed by atoms with Crippen LogP contribution in [0.5, 0.6) is 0 Å². The summed E-state index contributed by atoms with van der Waals surface area (Å²) in [6.45, 7) is 0.0911. The maximum absolute atomic E-state index is 14.2. The molecule has 0 saturated carbocycles. The van der Waals surface area contributed by atoms with Crippen LogP contribution in [0.25, 0.3) is 0 Å². The van der Waals surface area contributed by atoms with Crippen LogP contribution in [0.4, 0.5) is 0 Å². The van der Waals surface area contributed by atoms with Gasteiger partial charge in [0, 0.05) is 39.1 Å². The molecule has 2 aliphatic heterocycles. The lowest BCUT2D eigenvalue weighted by atomic mass is 9.54. The van der Waals surface area contributed by atoms with Crippen molar-refractivity contribution in [3.05, 3.63) is 60.2 Å². The number of likely N-dealkylation sites (tertiary alicyclic amines) is 2. The van der Waals surface area contributed by atoms with E-state index < -0.39 is 40.6 Å². The third-order valence-electron chi connectivity index (χ3n) is 6.70. The Morgan fingerprint density at radius 3 is 1.85 bits per heavy atom. The van der Waals surface area contributed by atoms with E-state index in [0.717, 1.165) is 0 Å². The minimum absolute atomic E-state index is 0.143. The molecule has 4 atom stereocenters. The highest BCUT2D eigenvalue weighted by molar-refractivity contribution is 6.17. The van der Waals surface area contributed by atoms with Crippen molar-refractivity contribution in [2.75, 3.05) is 40.4 Å². The summed E-state index contributed by atoms with van der Waals surface area (Å²) in [5, 5.41) is 21.0. The van der Waals surface area contributed by atoms with Crippen molar-refractivity contribution in [1.82, 2.24) is 19.8 Å². The second-order valence-corrected chi connectivity index (χ2v) is 8.60. The van der Waals surface area contributed by atoms with Crippen molar-refractivity contribution in [3.63, 3.8) is 0 Å². The molecule has 0 aromatic carbocycles. The number of pyridine rings is 2. The monoisotopic (exact) mass is 454 g/mol. The van der Waals surface area contributed by atoms with Gasteiger partial charge < -0.3 is 19.8 Å². The molecule has 2 saturated heterocycles. The zero-order chi connectivity index (χ0) is 23.8. The van der Waals surface area contributed by atoms with Crippen LogP contribution in [0.2, 0.25) is 0 Å². The van der Waals surface area contributed by atoms with Gasteiger partial charge in [0.2, 0.25) is 0 Å². The normalized spacial score (nSPS) is 30.2. The molecule has 0 radical (unpaired) electrons. The lowest BCUT2D eigenvalue weighted by Gasteiger charge is -2.60. The van der Waals surface area contributed by atoms with Gasteiger partial charge in [0.25, 0.3) is 0 Å². The van der Waals surface area contributed by atoms with Crippen molar-refractivity contribution in [1.29, 1.82) is 0 Å². The highest BCUT2D eigenvalue weighted by Crippen LogP contribution is 2.59. The van der Waals surface area contributed by atoms with Crippen LogP contribution in [-0.2, 0) is 19.1 Å². The highest BCUT2D eigenvalue weighted by Gasteiger charge is 2.75. The first-order valence-corrected chi connectivity index (χ1v) is 10.6. The van der Waals surface area contributed by atoms with Gasteiger partial charge in [-0.1, -0.05) is 12.1 Å². The third-order valence-corrected chi connectivity index (χ3v) is 6.70. The molecule has 2 aliphatic rings. The molecule has 2 N–H and O–H groups in total. The summed E-state index contributed by atoms with van der Waals surface area (Å²) < 4.78 is 5.30. The molecule has 2 bridgehead atoms. The van der Waals surface area contributed by atoms with Gasteiger partial charge in [0.05, 0.1) is 30.1 Å². The Labute approximate surface area is 190 Å². The van der Waals surface area contributed by atoms with Crippen molar-refractivity contribution in [2.24, 2.45) is 10.8 Å². The van der Waals surface area contributed by atoms with Gasteiger partial charge in [-0.3, -0.25) is 29.3 Å². The second kappa shape index (κ2) is 8.62. The first-order valence-electron chi connectivity index (χ1n) is 10.6. The number of piperidine rings is 2. The lowest BCUT2D eigenvalue weighted by molar-refractivity contribution is -0.203. The van der Waals surface area contributed by atoms with Crippen molar-refractivity contribution in [3.8, 4) is 0 Å². The number of carboxylic acids is 2. The molecule has 0 aliphatic carbocycles. The van der Waals surface area contributed by atoms with E-state index in [1.165, 1.54) is 19.5 Å². The summed E-state index contributed by atoms with van der Waals surface area (Å²) in [5.41, 5.74) is -3.34. The van der Waals surface area contributed by atoms with Crippen molar-refractivity contribution in [2.45, 2.75) is 12.1 Å². The number of hydrogen-bond acceptors (Lipinski definition) is 8. The maximum atomic E-state index is 14.2. The summed E-state index contributed by atoms with van der Waals surface area (Å²) >= 11 is 0. The van der Waals surface area contributed by atoms with Crippen LogP contribution in [-0.4, -0.2) is 88.1 Å². The molecule has 174 valence electrons. The van der Waals surface area contributed by atoms with Crippen LogP contribution >= 0.6 is 0 Å². The van der Waals surface area contributed by atoms with Crippen molar-refractivity contribution < 1.29 is 29.3 Å². The SMILES string of the molecule is COCCN1C(c2ccccn2)C2(C(=O)O)CN(C)CC(C(=O)O)(C2=O)C1c1ccccn1.